The Morgan fingerprint density at radius 1 is 1.09 bits per heavy atom. The summed E-state index contributed by atoms with van der Waals surface area (Å²) in [5, 5.41) is 14.9. The number of phosphoric acid groups is 1. The van der Waals surface area contributed by atoms with Gasteiger partial charge in [0.25, 0.3) is 5.56 Å². The summed E-state index contributed by atoms with van der Waals surface area (Å²) in [5.74, 6) is -0.716. The Morgan fingerprint density at radius 3 is 2.36 bits per heavy atom. The van der Waals surface area contributed by atoms with Crippen molar-refractivity contribution in [2.75, 3.05) is 5.32 Å². The van der Waals surface area contributed by atoms with Gasteiger partial charge < -0.3 is 20.0 Å². The van der Waals surface area contributed by atoms with E-state index in [0.29, 0.717) is 22.6 Å². The van der Waals surface area contributed by atoms with Crippen LogP contribution < -0.4 is 10.9 Å². The molecule has 11 nitrogen and oxygen atoms in total. The average Bonchev–Trinajstić information content (AvgIpc) is 3.14. The maximum absolute atomic E-state index is 14.1. The number of nitrogens with zero attached hydrogens (tertiary/aromatic N) is 4. The van der Waals surface area contributed by atoms with Crippen LogP contribution in [0.4, 0.5) is 14.5 Å². The zero-order valence-corrected chi connectivity index (χ0v) is 17.7. The lowest BCUT2D eigenvalue weighted by Crippen LogP contribution is -2.30. The van der Waals surface area contributed by atoms with Crippen molar-refractivity contribution in [1.82, 2.24) is 25.0 Å². The standard InChI is InChI=1S/C19H14F2N6O.H3O4P/c1-27-18(22-8-23-27)15-16(9-2-4-10(20)5-3-9)24-13-7-11(21)6-12-14(13)17(15)25-26-19(12)28;1-5(2,3)4/h2-8,15-16,24H,1H3,(H,26,28);(H3,1,2,3,4)/t15-,16-;/m1./s1. The molecule has 0 spiro atoms. The Kier molecular flexibility index (Phi) is 5.80. The molecule has 14 heteroatoms. The van der Waals surface area contributed by atoms with Gasteiger partial charge >= 0.3 is 7.82 Å². The van der Waals surface area contributed by atoms with E-state index in [1.54, 1.807) is 23.9 Å². The highest BCUT2D eigenvalue weighted by Gasteiger charge is 2.37. The van der Waals surface area contributed by atoms with Crippen molar-refractivity contribution in [1.29, 1.82) is 0 Å². The van der Waals surface area contributed by atoms with Gasteiger partial charge in [-0.1, -0.05) is 12.1 Å². The number of aromatic amines is 1. The summed E-state index contributed by atoms with van der Waals surface area (Å²) >= 11 is 0. The van der Waals surface area contributed by atoms with Crippen LogP contribution in [0, 0.1) is 11.6 Å². The van der Waals surface area contributed by atoms with Gasteiger partial charge in [-0.15, -0.1) is 0 Å². The summed E-state index contributed by atoms with van der Waals surface area (Å²) < 4.78 is 38.1. The molecule has 1 aliphatic heterocycles. The molecule has 5 rings (SSSR count). The van der Waals surface area contributed by atoms with Gasteiger partial charge in [0.1, 0.15) is 23.8 Å². The minimum atomic E-state index is -4.64. The first-order valence-electron chi connectivity index (χ1n) is 9.39. The Labute approximate surface area is 184 Å². The highest BCUT2D eigenvalue weighted by molar-refractivity contribution is 7.45. The van der Waals surface area contributed by atoms with E-state index in [4.69, 9.17) is 19.2 Å². The Bertz CT molecular complexity index is 1430. The normalized spacial score (nSPS) is 17.3. The lowest BCUT2D eigenvalue weighted by Gasteiger charge is -2.33. The lowest BCUT2D eigenvalue weighted by atomic mass is 9.83. The second-order valence-electron chi connectivity index (χ2n) is 7.22. The Hall–Kier alpha value is -3.51. The van der Waals surface area contributed by atoms with Gasteiger partial charge in [-0.3, -0.25) is 9.48 Å². The zero-order valence-electron chi connectivity index (χ0n) is 16.8. The van der Waals surface area contributed by atoms with Crippen LogP contribution in [0.5, 0.6) is 0 Å². The molecule has 5 N–H and O–H groups in total. The van der Waals surface area contributed by atoms with Gasteiger partial charge in [0.05, 0.1) is 23.0 Å². The van der Waals surface area contributed by atoms with Gasteiger partial charge in [-0.05, 0) is 29.8 Å². The molecular weight excluding hydrogens is 461 g/mol. The molecule has 0 radical (unpaired) electrons. The van der Waals surface area contributed by atoms with E-state index < -0.39 is 31.2 Å². The first-order chi connectivity index (χ1) is 15.5. The van der Waals surface area contributed by atoms with E-state index in [1.165, 1.54) is 30.6 Å². The molecular formula is C19H17F2N6O5P. The molecule has 0 saturated carbocycles. The number of benzene rings is 2. The van der Waals surface area contributed by atoms with Crippen molar-refractivity contribution in [2.24, 2.45) is 7.05 Å². The second-order valence-corrected chi connectivity index (χ2v) is 8.25. The van der Waals surface area contributed by atoms with Crippen LogP contribution in [0.2, 0.25) is 0 Å². The molecule has 1 aliphatic rings. The molecule has 172 valence electrons. The van der Waals surface area contributed by atoms with Crippen LogP contribution >= 0.6 is 7.82 Å². The monoisotopic (exact) mass is 478 g/mol. The summed E-state index contributed by atoms with van der Waals surface area (Å²) in [6.07, 6.45) is 1.43. The number of rotatable bonds is 2. The topological polar surface area (TPSA) is 166 Å². The molecule has 0 aliphatic carbocycles. The van der Waals surface area contributed by atoms with E-state index in [-0.39, 0.29) is 11.2 Å². The highest BCUT2D eigenvalue weighted by atomic mass is 31.2. The van der Waals surface area contributed by atoms with Crippen molar-refractivity contribution in [3.8, 4) is 0 Å². The summed E-state index contributed by atoms with van der Waals surface area (Å²) in [6.45, 7) is 0. The highest BCUT2D eigenvalue weighted by Crippen LogP contribution is 2.45. The minimum Gasteiger partial charge on any atom is -0.376 e. The number of hydrogen-bond acceptors (Lipinski definition) is 6. The summed E-state index contributed by atoms with van der Waals surface area (Å²) in [5.41, 5.74) is 1.30. The quantitative estimate of drug-likeness (QED) is 0.270. The maximum Gasteiger partial charge on any atom is 0.466 e. The largest absolute Gasteiger partial charge is 0.466 e. The Balaban J connectivity index is 0.000000471. The van der Waals surface area contributed by atoms with Gasteiger partial charge in [0.2, 0.25) is 0 Å². The third-order valence-corrected chi connectivity index (χ3v) is 5.07. The van der Waals surface area contributed by atoms with E-state index in [1.807, 2.05) is 0 Å². The first-order valence-corrected chi connectivity index (χ1v) is 11.0. The van der Waals surface area contributed by atoms with Crippen molar-refractivity contribution >= 4 is 24.3 Å². The van der Waals surface area contributed by atoms with Gasteiger partial charge in [-0.25, -0.2) is 23.4 Å². The van der Waals surface area contributed by atoms with Gasteiger partial charge in [0, 0.05) is 18.1 Å². The summed E-state index contributed by atoms with van der Waals surface area (Å²) in [6, 6.07) is 8.14. The smallest absolute Gasteiger partial charge is 0.376 e. The number of aromatic nitrogens is 5. The number of anilines is 1. The lowest BCUT2D eigenvalue weighted by molar-refractivity contribution is 0.275. The fraction of sp³-hybridized carbons (Fsp3) is 0.158. The van der Waals surface area contributed by atoms with Gasteiger partial charge in [0.15, 0.2) is 0 Å². The molecule has 0 bridgehead atoms. The molecule has 2 atom stereocenters. The zero-order chi connectivity index (χ0) is 23.9. The minimum absolute atomic E-state index is 0.206. The molecule has 2 aromatic heterocycles. The summed E-state index contributed by atoms with van der Waals surface area (Å²) in [4.78, 5) is 38.2. The predicted molar refractivity (Wildman–Crippen MR) is 112 cm³/mol. The van der Waals surface area contributed by atoms with Crippen LogP contribution in [0.1, 0.15) is 29.0 Å². The van der Waals surface area contributed by atoms with Crippen molar-refractivity contribution in [2.45, 2.75) is 12.0 Å². The number of hydrogen-bond donors (Lipinski definition) is 5. The molecule has 33 heavy (non-hydrogen) atoms. The molecule has 0 amide bonds. The third-order valence-electron chi connectivity index (χ3n) is 5.07. The number of halogens is 2. The number of nitrogens with one attached hydrogen (secondary N) is 2. The van der Waals surface area contributed by atoms with Crippen molar-refractivity contribution in [3.05, 3.63) is 81.8 Å². The number of aryl methyl sites for hydroxylation is 1. The molecule has 2 aromatic carbocycles. The Morgan fingerprint density at radius 2 is 1.76 bits per heavy atom. The van der Waals surface area contributed by atoms with E-state index >= 15 is 0 Å². The van der Waals surface area contributed by atoms with Crippen LogP contribution in [0.25, 0.3) is 10.8 Å². The van der Waals surface area contributed by atoms with E-state index in [0.717, 1.165) is 5.56 Å². The first kappa shape index (κ1) is 22.7. The average molecular weight is 478 g/mol. The summed E-state index contributed by atoms with van der Waals surface area (Å²) in [7, 11) is -2.88. The van der Waals surface area contributed by atoms with Crippen LogP contribution in [0.15, 0.2) is 47.5 Å². The van der Waals surface area contributed by atoms with E-state index in [2.05, 4.69) is 25.6 Å². The van der Waals surface area contributed by atoms with Crippen LogP contribution in [0.3, 0.4) is 0 Å². The maximum atomic E-state index is 14.1. The van der Waals surface area contributed by atoms with Crippen molar-refractivity contribution < 1.29 is 28.0 Å². The molecule has 0 unspecified atom stereocenters. The van der Waals surface area contributed by atoms with Crippen LogP contribution in [-0.4, -0.2) is 39.6 Å². The fourth-order valence-corrected chi connectivity index (χ4v) is 3.84. The SMILES string of the molecule is Cn1ncnc1[C@H]1c2n[nH]c(=O)c3cc(F)cc(c23)N[C@@H]1c1ccc(F)cc1.O=P(O)(O)O. The number of H-pyrrole nitrogens is 1. The predicted octanol–water partition coefficient (Wildman–Crippen LogP) is 1.70. The van der Waals surface area contributed by atoms with Crippen LogP contribution in [-0.2, 0) is 11.6 Å². The molecule has 4 aromatic rings. The van der Waals surface area contributed by atoms with Crippen molar-refractivity contribution in [3.63, 3.8) is 0 Å². The molecule has 0 saturated heterocycles. The molecule has 3 heterocycles. The fourth-order valence-electron chi connectivity index (χ4n) is 3.84. The van der Waals surface area contributed by atoms with Gasteiger partial charge in [-0.2, -0.15) is 10.2 Å². The molecule has 0 fully saturated rings. The second kappa shape index (κ2) is 8.45. The third kappa shape index (κ3) is 4.66. The van der Waals surface area contributed by atoms with E-state index in [9.17, 15) is 13.6 Å².